The molecule has 12 heteroatoms. The molecule has 1 aliphatic heterocycles. The molecule has 1 heterocycles. The molecule has 0 aromatic heterocycles. The molecule has 1 fully saturated rings. The molecule has 0 amide bonds. The van der Waals surface area contributed by atoms with Gasteiger partial charge in [-0.2, -0.15) is 4.31 Å². The highest BCUT2D eigenvalue weighted by Gasteiger charge is 2.26. The van der Waals surface area contributed by atoms with E-state index in [9.17, 15) is 13.2 Å². The van der Waals surface area contributed by atoms with Gasteiger partial charge in [0, 0.05) is 18.1 Å². The number of hydrogen-bond acceptors (Lipinski definition) is 7. The third-order valence-corrected chi connectivity index (χ3v) is 7.47. The molecule has 0 bridgehead atoms. The van der Waals surface area contributed by atoms with Gasteiger partial charge in [-0.1, -0.05) is 11.6 Å². The van der Waals surface area contributed by atoms with E-state index in [0.717, 1.165) is 0 Å². The number of rotatable bonds is 8. The minimum absolute atomic E-state index is 0.0852. The van der Waals surface area contributed by atoms with Gasteiger partial charge in [0.15, 0.2) is 5.96 Å². The maximum atomic E-state index is 12.8. The Morgan fingerprint density at radius 1 is 0.973 bits per heavy atom. The van der Waals surface area contributed by atoms with E-state index in [-0.39, 0.29) is 23.2 Å². The van der Waals surface area contributed by atoms with E-state index in [1.807, 2.05) is 0 Å². The molecule has 4 N–H and O–H groups in total. The van der Waals surface area contributed by atoms with Gasteiger partial charge in [-0.25, -0.2) is 18.2 Å². The fraction of sp³-hybridized carbons (Fsp3) is 0.200. The van der Waals surface area contributed by atoms with Crippen LogP contribution in [0.5, 0.6) is 11.5 Å². The van der Waals surface area contributed by atoms with Crippen LogP contribution in [0.3, 0.4) is 0 Å². The number of aliphatic imine (C=N–C) groups is 1. The van der Waals surface area contributed by atoms with Crippen molar-refractivity contribution in [3.05, 3.63) is 82.9 Å². The molecule has 0 radical (unpaired) electrons. The second kappa shape index (κ2) is 11.6. The van der Waals surface area contributed by atoms with Crippen molar-refractivity contribution in [2.24, 2.45) is 16.5 Å². The zero-order valence-corrected chi connectivity index (χ0v) is 21.2. The number of nitrogens with two attached hydrogens (primary N) is 2. The minimum Gasteiger partial charge on any atom is -0.489 e. The molecule has 194 valence electrons. The average Bonchev–Trinajstić information content (AvgIpc) is 2.88. The first-order chi connectivity index (χ1) is 17.7. The molecule has 0 unspecified atom stereocenters. The van der Waals surface area contributed by atoms with E-state index in [4.69, 9.17) is 37.3 Å². The number of sulfonamides is 1. The van der Waals surface area contributed by atoms with Crippen molar-refractivity contribution in [2.45, 2.75) is 11.5 Å². The lowest BCUT2D eigenvalue weighted by Crippen LogP contribution is -2.40. The first kappa shape index (κ1) is 26.4. The Hall–Kier alpha value is -3.64. The molecular formula is C25H25ClN4O6S. The lowest BCUT2D eigenvalue weighted by Gasteiger charge is -2.26. The van der Waals surface area contributed by atoms with Gasteiger partial charge in [0.25, 0.3) is 0 Å². The van der Waals surface area contributed by atoms with E-state index in [1.165, 1.54) is 22.5 Å². The van der Waals surface area contributed by atoms with Crippen molar-refractivity contribution < 1.29 is 27.4 Å². The zero-order valence-electron chi connectivity index (χ0n) is 19.7. The highest BCUT2D eigenvalue weighted by atomic mass is 35.5. The van der Waals surface area contributed by atoms with Crippen LogP contribution in [0, 0.1) is 0 Å². The molecule has 37 heavy (non-hydrogen) atoms. The van der Waals surface area contributed by atoms with Crippen LogP contribution in [0.15, 0.2) is 76.6 Å². The Bertz CT molecular complexity index is 1390. The highest BCUT2D eigenvalue weighted by molar-refractivity contribution is 7.89. The summed E-state index contributed by atoms with van der Waals surface area (Å²) >= 11 is 6.21. The van der Waals surface area contributed by atoms with Gasteiger partial charge in [-0.15, -0.1) is 0 Å². The van der Waals surface area contributed by atoms with Crippen LogP contribution >= 0.6 is 11.6 Å². The smallest absolute Gasteiger partial charge is 0.343 e. The van der Waals surface area contributed by atoms with E-state index in [0.29, 0.717) is 53.9 Å². The predicted octanol–water partition coefficient (Wildman–Crippen LogP) is 3.06. The first-order valence-electron chi connectivity index (χ1n) is 11.2. The molecule has 3 aromatic rings. The maximum Gasteiger partial charge on any atom is 0.343 e. The molecule has 1 aliphatic rings. The molecule has 4 rings (SSSR count). The summed E-state index contributed by atoms with van der Waals surface area (Å²) in [6.07, 6.45) is 0. The number of benzene rings is 3. The van der Waals surface area contributed by atoms with E-state index < -0.39 is 16.0 Å². The van der Waals surface area contributed by atoms with Crippen LogP contribution in [-0.2, 0) is 21.4 Å². The summed E-state index contributed by atoms with van der Waals surface area (Å²) in [6.45, 7) is 1.52. The molecule has 3 aromatic carbocycles. The summed E-state index contributed by atoms with van der Waals surface area (Å²) in [4.78, 5) is 16.6. The van der Waals surface area contributed by atoms with Gasteiger partial charge >= 0.3 is 5.97 Å². The van der Waals surface area contributed by atoms with Crippen LogP contribution in [0.1, 0.15) is 15.9 Å². The van der Waals surface area contributed by atoms with Gasteiger partial charge in [0.2, 0.25) is 10.0 Å². The summed E-state index contributed by atoms with van der Waals surface area (Å²) in [7, 11) is -3.59. The standard InChI is InChI=1S/C25H25ClN4O6S/c26-19-13-17(14-22(15-19)36-24(31)18-1-3-20(4-2-18)29-25(27)28)16-35-21-5-7-23(8-6-21)37(32,33)30-9-11-34-12-10-30/h1-8,13-15H,9-12,16H2,(H4,27,28,29). The minimum atomic E-state index is -3.59. The summed E-state index contributed by atoms with van der Waals surface area (Å²) in [5.41, 5.74) is 12.2. The van der Waals surface area contributed by atoms with Crippen LogP contribution in [-0.4, -0.2) is 51.0 Å². The molecule has 10 nitrogen and oxygen atoms in total. The molecular weight excluding hydrogens is 520 g/mol. The number of carbonyl (C=O) groups is 1. The quantitative estimate of drug-likeness (QED) is 0.190. The summed E-state index contributed by atoms with van der Waals surface area (Å²) in [6, 6.07) is 17.3. The first-order valence-corrected chi connectivity index (χ1v) is 13.0. The van der Waals surface area contributed by atoms with Crippen molar-refractivity contribution in [1.82, 2.24) is 4.31 Å². The number of hydrogen-bond donors (Lipinski definition) is 2. The zero-order chi connectivity index (χ0) is 26.4. The van der Waals surface area contributed by atoms with Gasteiger partial charge in [0.05, 0.1) is 29.4 Å². The number of guanidine groups is 1. The van der Waals surface area contributed by atoms with Crippen molar-refractivity contribution >= 4 is 39.2 Å². The average molecular weight is 545 g/mol. The number of nitrogens with zero attached hydrogens (tertiary/aromatic N) is 2. The van der Waals surface area contributed by atoms with Gasteiger partial charge < -0.3 is 25.7 Å². The Morgan fingerprint density at radius 3 is 2.30 bits per heavy atom. The van der Waals surface area contributed by atoms with Gasteiger partial charge in [0.1, 0.15) is 18.1 Å². The fourth-order valence-electron chi connectivity index (χ4n) is 3.56. The van der Waals surface area contributed by atoms with Crippen LogP contribution in [0.25, 0.3) is 0 Å². The Morgan fingerprint density at radius 2 is 1.65 bits per heavy atom. The second-order valence-electron chi connectivity index (χ2n) is 8.04. The third kappa shape index (κ3) is 6.98. The predicted molar refractivity (Wildman–Crippen MR) is 139 cm³/mol. The topological polar surface area (TPSA) is 147 Å². The monoisotopic (exact) mass is 544 g/mol. The van der Waals surface area contributed by atoms with Crippen LogP contribution in [0.4, 0.5) is 5.69 Å². The van der Waals surface area contributed by atoms with E-state index >= 15 is 0 Å². The lowest BCUT2D eigenvalue weighted by atomic mass is 10.2. The lowest BCUT2D eigenvalue weighted by molar-refractivity contribution is 0.0730. The molecule has 0 saturated carbocycles. The molecule has 0 atom stereocenters. The molecule has 0 aliphatic carbocycles. The highest BCUT2D eigenvalue weighted by Crippen LogP contribution is 2.25. The normalized spacial score (nSPS) is 14.1. The maximum absolute atomic E-state index is 12.8. The van der Waals surface area contributed by atoms with Crippen molar-refractivity contribution in [3.8, 4) is 11.5 Å². The van der Waals surface area contributed by atoms with Crippen molar-refractivity contribution in [2.75, 3.05) is 26.3 Å². The largest absolute Gasteiger partial charge is 0.489 e. The fourth-order valence-corrected chi connectivity index (χ4v) is 5.22. The summed E-state index contributed by atoms with van der Waals surface area (Å²) < 4.78 is 43.4. The number of carbonyl (C=O) groups excluding carboxylic acids is 1. The summed E-state index contributed by atoms with van der Waals surface area (Å²) in [5.74, 6) is 0.0529. The molecule has 1 saturated heterocycles. The number of halogens is 1. The Labute approximate surface area is 219 Å². The van der Waals surface area contributed by atoms with Crippen LogP contribution < -0.4 is 20.9 Å². The van der Waals surface area contributed by atoms with Crippen LogP contribution in [0.2, 0.25) is 5.02 Å². The second-order valence-corrected chi connectivity index (χ2v) is 10.4. The SMILES string of the molecule is NC(N)=Nc1ccc(C(=O)Oc2cc(Cl)cc(COc3ccc(S(=O)(=O)N4CCOCC4)cc3)c2)cc1. The number of morpholine rings is 1. The van der Waals surface area contributed by atoms with Crippen molar-refractivity contribution in [1.29, 1.82) is 0 Å². The number of esters is 1. The van der Waals surface area contributed by atoms with Gasteiger partial charge in [-0.3, -0.25) is 0 Å². The number of ether oxygens (including phenoxy) is 3. The van der Waals surface area contributed by atoms with Crippen molar-refractivity contribution in [3.63, 3.8) is 0 Å². The molecule has 0 spiro atoms. The van der Waals surface area contributed by atoms with E-state index in [1.54, 1.807) is 48.5 Å². The third-order valence-electron chi connectivity index (χ3n) is 5.34. The Kier molecular flexibility index (Phi) is 8.29. The summed E-state index contributed by atoms with van der Waals surface area (Å²) in [5, 5.41) is 0.360. The van der Waals surface area contributed by atoms with E-state index in [2.05, 4.69) is 4.99 Å². The van der Waals surface area contributed by atoms with Gasteiger partial charge in [-0.05, 0) is 72.3 Å². The Balaban J connectivity index is 1.38.